The highest BCUT2D eigenvalue weighted by Gasteiger charge is 2.42. The third-order valence-corrected chi connectivity index (χ3v) is 5.80. The number of likely N-dealkylation sites (N-methyl/N-ethyl adjacent to an activating group) is 1. The normalized spacial score (nSPS) is 22.7. The van der Waals surface area contributed by atoms with Gasteiger partial charge in [0.15, 0.2) is 0 Å². The van der Waals surface area contributed by atoms with Gasteiger partial charge in [-0.05, 0) is 50.5 Å². The maximum Gasteiger partial charge on any atom is 0.410 e. The van der Waals surface area contributed by atoms with E-state index in [2.05, 4.69) is 49.9 Å². The monoisotopic (exact) mass is 403 g/mol. The van der Waals surface area contributed by atoms with Crippen LogP contribution < -0.4 is 0 Å². The Balaban J connectivity index is 1.89. The molecule has 0 saturated carbocycles. The van der Waals surface area contributed by atoms with Gasteiger partial charge in [-0.3, -0.25) is 4.90 Å². The molecule has 0 aromatic carbocycles. The highest BCUT2D eigenvalue weighted by Crippen LogP contribution is 2.33. The van der Waals surface area contributed by atoms with Crippen molar-refractivity contribution in [1.82, 2.24) is 14.7 Å². The lowest BCUT2D eigenvalue weighted by molar-refractivity contribution is 0.0275. The van der Waals surface area contributed by atoms with Gasteiger partial charge in [0.25, 0.3) is 0 Å². The summed E-state index contributed by atoms with van der Waals surface area (Å²) in [4.78, 5) is 19.0. The van der Waals surface area contributed by atoms with Crippen molar-refractivity contribution in [2.75, 3.05) is 46.3 Å². The van der Waals surface area contributed by atoms with Crippen molar-refractivity contribution in [1.29, 1.82) is 0 Å². The maximum absolute atomic E-state index is 12.4. The summed E-state index contributed by atoms with van der Waals surface area (Å²) in [6.07, 6.45) is 4.93. The van der Waals surface area contributed by atoms with Crippen LogP contribution in [0.25, 0.3) is 0 Å². The minimum Gasteiger partial charge on any atom is -0.444 e. The van der Waals surface area contributed by atoms with Crippen molar-refractivity contribution in [3.63, 3.8) is 0 Å². The SMILES string of the molecule is C=CC=C(CN1CC2CN(C(=O)OC(C)(C)C)CC2C1)C(=C)N(C)CCC(C)C. The second kappa shape index (κ2) is 9.84. The summed E-state index contributed by atoms with van der Waals surface area (Å²) < 4.78 is 5.54. The molecule has 5 heteroatoms. The van der Waals surface area contributed by atoms with Gasteiger partial charge in [-0.15, -0.1) is 0 Å². The molecule has 2 unspecified atom stereocenters. The average molecular weight is 404 g/mol. The number of fused-ring (bicyclic) bond motifs is 1. The fourth-order valence-corrected chi connectivity index (χ4v) is 4.15. The lowest BCUT2D eigenvalue weighted by atomic mass is 10.0. The Kier molecular flexibility index (Phi) is 7.98. The standard InChI is InChI=1S/C24H41N3O2/c1-9-10-20(19(4)25(8)12-11-18(2)3)13-26-14-21-16-27(17-22(21)15-26)23(28)29-24(5,6)7/h9-10,18,21-22H,1,4,11-17H2,2-3,5-8H3. The highest BCUT2D eigenvalue weighted by molar-refractivity contribution is 5.68. The molecule has 2 aliphatic heterocycles. The van der Waals surface area contributed by atoms with Crippen LogP contribution in [0, 0.1) is 17.8 Å². The Morgan fingerprint density at radius 1 is 1.21 bits per heavy atom. The van der Waals surface area contributed by atoms with Gasteiger partial charge in [0.2, 0.25) is 0 Å². The summed E-state index contributed by atoms with van der Waals surface area (Å²) in [5, 5.41) is 0. The van der Waals surface area contributed by atoms with Crippen molar-refractivity contribution in [3.05, 3.63) is 36.6 Å². The Bertz CT molecular complexity index is 619. The number of carbonyl (C=O) groups excluding carboxylic acids is 1. The van der Waals surface area contributed by atoms with Crippen LogP contribution in [0.15, 0.2) is 36.6 Å². The van der Waals surface area contributed by atoms with Gasteiger partial charge >= 0.3 is 6.09 Å². The minimum atomic E-state index is -0.437. The van der Waals surface area contributed by atoms with Gasteiger partial charge < -0.3 is 14.5 Å². The number of carbonyl (C=O) groups is 1. The van der Waals surface area contributed by atoms with E-state index in [0.717, 1.165) is 51.4 Å². The molecule has 0 aromatic rings. The predicted octanol–water partition coefficient (Wildman–Crippen LogP) is 4.39. The van der Waals surface area contributed by atoms with Gasteiger partial charge in [0.05, 0.1) is 0 Å². The molecule has 0 bridgehead atoms. The molecule has 2 aliphatic rings. The first-order valence-electron chi connectivity index (χ1n) is 10.9. The zero-order chi connectivity index (χ0) is 21.8. The lowest BCUT2D eigenvalue weighted by Crippen LogP contribution is -2.38. The molecule has 2 saturated heterocycles. The predicted molar refractivity (Wildman–Crippen MR) is 121 cm³/mol. The molecule has 2 heterocycles. The molecule has 1 amide bonds. The van der Waals surface area contributed by atoms with Crippen molar-refractivity contribution in [2.45, 2.75) is 46.6 Å². The summed E-state index contributed by atoms with van der Waals surface area (Å²) >= 11 is 0. The van der Waals surface area contributed by atoms with Gasteiger partial charge in [0.1, 0.15) is 5.60 Å². The largest absolute Gasteiger partial charge is 0.444 e. The smallest absolute Gasteiger partial charge is 0.410 e. The van der Waals surface area contributed by atoms with E-state index in [-0.39, 0.29) is 6.09 Å². The highest BCUT2D eigenvalue weighted by atomic mass is 16.6. The molecule has 5 nitrogen and oxygen atoms in total. The molecule has 29 heavy (non-hydrogen) atoms. The van der Waals surface area contributed by atoms with E-state index >= 15 is 0 Å². The number of likely N-dealkylation sites (tertiary alicyclic amines) is 2. The molecule has 0 radical (unpaired) electrons. The van der Waals surface area contributed by atoms with E-state index in [4.69, 9.17) is 4.74 Å². The summed E-state index contributed by atoms with van der Waals surface area (Å²) in [6.45, 7) is 24.0. The van der Waals surface area contributed by atoms with Crippen LogP contribution in [0.2, 0.25) is 0 Å². The number of ether oxygens (including phenoxy) is 1. The van der Waals surface area contributed by atoms with Gasteiger partial charge in [0, 0.05) is 52.0 Å². The first kappa shape index (κ1) is 23.5. The molecule has 2 fully saturated rings. The molecule has 0 spiro atoms. The number of nitrogens with zero attached hydrogens (tertiary/aromatic N) is 3. The van der Waals surface area contributed by atoms with Gasteiger partial charge in [-0.25, -0.2) is 4.79 Å². The number of hydrogen-bond donors (Lipinski definition) is 0. The van der Waals surface area contributed by atoms with Crippen LogP contribution in [-0.4, -0.2) is 72.7 Å². The third-order valence-electron chi connectivity index (χ3n) is 5.80. The molecule has 0 N–H and O–H groups in total. The molecule has 0 aromatic heterocycles. The van der Waals surface area contributed by atoms with Crippen LogP contribution in [0.1, 0.15) is 41.0 Å². The van der Waals surface area contributed by atoms with Crippen LogP contribution in [-0.2, 0) is 4.74 Å². The molecule has 2 atom stereocenters. The average Bonchev–Trinajstić information content (AvgIpc) is 3.15. The first-order chi connectivity index (χ1) is 13.5. The number of amides is 1. The third kappa shape index (κ3) is 6.91. The van der Waals surface area contributed by atoms with Gasteiger partial charge in [-0.1, -0.05) is 39.2 Å². The second-order valence-corrected chi connectivity index (χ2v) is 10.1. The van der Waals surface area contributed by atoms with Crippen molar-refractivity contribution in [3.8, 4) is 0 Å². The first-order valence-corrected chi connectivity index (χ1v) is 10.9. The van der Waals surface area contributed by atoms with Crippen molar-refractivity contribution < 1.29 is 9.53 Å². The van der Waals surface area contributed by atoms with Crippen molar-refractivity contribution >= 4 is 6.09 Å². The molecule has 0 aliphatic carbocycles. The summed E-state index contributed by atoms with van der Waals surface area (Å²) in [5.74, 6) is 1.74. The quantitative estimate of drug-likeness (QED) is 0.563. The molecule has 2 rings (SSSR count). The van der Waals surface area contributed by atoms with E-state index < -0.39 is 5.60 Å². The van der Waals surface area contributed by atoms with Crippen LogP contribution in [0.3, 0.4) is 0 Å². The number of allylic oxidation sites excluding steroid dienone is 2. The Morgan fingerprint density at radius 3 is 2.28 bits per heavy atom. The van der Waals surface area contributed by atoms with Crippen molar-refractivity contribution in [2.24, 2.45) is 17.8 Å². The van der Waals surface area contributed by atoms with E-state index in [9.17, 15) is 4.79 Å². The summed E-state index contributed by atoms with van der Waals surface area (Å²) in [7, 11) is 2.12. The lowest BCUT2D eigenvalue weighted by Gasteiger charge is -2.28. The van der Waals surface area contributed by atoms with Gasteiger partial charge in [-0.2, -0.15) is 0 Å². The fourth-order valence-electron chi connectivity index (χ4n) is 4.15. The zero-order valence-corrected chi connectivity index (χ0v) is 19.4. The van der Waals surface area contributed by atoms with E-state index in [1.54, 1.807) is 0 Å². The second-order valence-electron chi connectivity index (χ2n) is 10.1. The van der Waals surface area contributed by atoms with Crippen LogP contribution >= 0.6 is 0 Å². The molecule has 164 valence electrons. The minimum absolute atomic E-state index is 0.175. The molecular weight excluding hydrogens is 362 g/mol. The Morgan fingerprint density at radius 2 is 1.79 bits per heavy atom. The van der Waals surface area contributed by atoms with E-state index in [1.165, 1.54) is 5.57 Å². The number of hydrogen-bond acceptors (Lipinski definition) is 4. The van der Waals surface area contributed by atoms with E-state index in [0.29, 0.717) is 17.8 Å². The summed E-state index contributed by atoms with van der Waals surface area (Å²) in [6, 6.07) is 0. The summed E-state index contributed by atoms with van der Waals surface area (Å²) in [5.41, 5.74) is 1.88. The Hall–Kier alpha value is -1.75. The zero-order valence-electron chi connectivity index (χ0n) is 19.4. The molecular formula is C24H41N3O2. The fraction of sp³-hybridized carbons (Fsp3) is 0.708. The maximum atomic E-state index is 12.4. The van der Waals surface area contributed by atoms with Crippen LogP contribution in [0.5, 0.6) is 0 Å². The van der Waals surface area contributed by atoms with E-state index in [1.807, 2.05) is 31.7 Å². The topological polar surface area (TPSA) is 36.0 Å². The van der Waals surface area contributed by atoms with Crippen LogP contribution in [0.4, 0.5) is 4.79 Å². The Labute approximate surface area is 178 Å². The number of rotatable bonds is 8.